The van der Waals surface area contributed by atoms with Crippen molar-refractivity contribution in [3.63, 3.8) is 0 Å². The number of carbonyl (C=O) groups is 2. The maximum absolute atomic E-state index is 11.8. The van der Waals surface area contributed by atoms with Gasteiger partial charge in [0.2, 0.25) is 0 Å². The smallest absolute Gasteiger partial charge is 0.362 e. The topological polar surface area (TPSA) is 175 Å². The molecule has 2 amide bonds. The van der Waals surface area contributed by atoms with E-state index in [0.717, 1.165) is 11.3 Å². The van der Waals surface area contributed by atoms with Crippen LogP contribution in [-0.4, -0.2) is 57.6 Å². The summed E-state index contributed by atoms with van der Waals surface area (Å²) in [6.45, 7) is -0.415. The second-order valence-corrected chi connectivity index (χ2v) is 6.12. The van der Waals surface area contributed by atoms with Gasteiger partial charge in [0.1, 0.15) is 11.7 Å². The number of rotatable bonds is 4. The Morgan fingerprint density at radius 2 is 2.29 bits per heavy atom. The minimum atomic E-state index is -4.63. The van der Waals surface area contributed by atoms with Crippen molar-refractivity contribution >= 4 is 44.3 Å². The van der Waals surface area contributed by atoms with Crippen LogP contribution in [0.15, 0.2) is 10.5 Å². The van der Waals surface area contributed by atoms with Gasteiger partial charge in [0.05, 0.1) is 6.54 Å². The quantitative estimate of drug-likeness (QED) is 0.161. The van der Waals surface area contributed by atoms with Gasteiger partial charge in [0.15, 0.2) is 10.8 Å². The average molecular weight is 335 g/mol. The van der Waals surface area contributed by atoms with Crippen LogP contribution < -0.4 is 11.1 Å². The molecule has 0 spiro atoms. The third kappa shape index (κ3) is 2.93. The number of nitrogens with zero attached hydrogens (tertiary/aromatic N) is 3. The summed E-state index contributed by atoms with van der Waals surface area (Å²) in [7, 11) is -4.63. The van der Waals surface area contributed by atoms with Gasteiger partial charge in [-0.05, 0) is 0 Å². The summed E-state index contributed by atoms with van der Waals surface area (Å²) in [5.74, 6) is -1.93. The zero-order valence-electron chi connectivity index (χ0n) is 10.1. The van der Waals surface area contributed by atoms with Gasteiger partial charge in [0.25, 0.3) is 11.8 Å². The molecule has 11 nitrogen and oxygen atoms in total. The van der Waals surface area contributed by atoms with E-state index in [0.29, 0.717) is 0 Å². The van der Waals surface area contributed by atoms with Gasteiger partial charge in [-0.15, -0.1) is 11.3 Å². The molecular formula is C8H9N5O6S2. The van der Waals surface area contributed by atoms with Crippen molar-refractivity contribution in [1.29, 1.82) is 0 Å². The highest BCUT2D eigenvalue weighted by Gasteiger charge is 2.44. The van der Waals surface area contributed by atoms with Crippen molar-refractivity contribution in [3.05, 3.63) is 11.1 Å². The Kier molecular flexibility index (Phi) is 3.80. The van der Waals surface area contributed by atoms with E-state index < -0.39 is 40.4 Å². The van der Waals surface area contributed by atoms with Crippen LogP contribution in [0.4, 0.5) is 5.13 Å². The first-order chi connectivity index (χ1) is 9.74. The van der Waals surface area contributed by atoms with E-state index in [4.69, 9.17) is 15.5 Å². The molecule has 1 aromatic rings. The van der Waals surface area contributed by atoms with Crippen molar-refractivity contribution in [2.45, 2.75) is 6.04 Å². The van der Waals surface area contributed by atoms with Crippen LogP contribution in [0.2, 0.25) is 0 Å². The molecule has 0 aliphatic carbocycles. The van der Waals surface area contributed by atoms with Gasteiger partial charge in [-0.3, -0.25) is 14.1 Å². The number of oxime groups is 1. The van der Waals surface area contributed by atoms with E-state index in [1.165, 1.54) is 5.38 Å². The number of aromatic nitrogens is 1. The van der Waals surface area contributed by atoms with Crippen LogP contribution >= 0.6 is 11.3 Å². The summed E-state index contributed by atoms with van der Waals surface area (Å²) in [5.41, 5.74) is 4.92. The predicted octanol–water partition coefficient (Wildman–Crippen LogP) is -1.97. The fraction of sp³-hybridized carbons (Fsp3) is 0.250. The highest BCUT2D eigenvalue weighted by atomic mass is 32.2. The van der Waals surface area contributed by atoms with E-state index >= 15 is 0 Å². The van der Waals surface area contributed by atoms with Crippen LogP contribution in [-0.2, 0) is 19.9 Å². The molecule has 2 rings (SSSR count). The Morgan fingerprint density at radius 3 is 2.71 bits per heavy atom. The first-order valence-corrected chi connectivity index (χ1v) is 7.55. The van der Waals surface area contributed by atoms with E-state index in [1.807, 2.05) is 0 Å². The first-order valence-electron chi connectivity index (χ1n) is 5.27. The van der Waals surface area contributed by atoms with Crippen molar-refractivity contribution in [1.82, 2.24) is 14.6 Å². The second kappa shape index (κ2) is 5.27. The molecule has 1 saturated heterocycles. The normalized spacial score (nSPS) is 19.3. The third-order valence-corrected chi connectivity index (χ3v) is 4.12. The highest BCUT2D eigenvalue weighted by molar-refractivity contribution is 7.84. The molecule has 1 aliphatic rings. The number of amides is 2. The molecule has 13 heteroatoms. The summed E-state index contributed by atoms with van der Waals surface area (Å²) in [6.07, 6.45) is 0. The molecule has 2 heterocycles. The number of anilines is 1. The number of nitrogens with one attached hydrogen (secondary N) is 1. The van der Waals surface area contributed by atoms with Crippen LogP contribution in [0.5, 0.6) is 0 Å². The molecule has 21 heavy (non-hydrogen) atoms. The van der Waals surface area contributed by atoms with E-state index in [2.05, 4.69) is 15.5 Å². The van der Waals surface area contributed by atoms with E-state index in [-0.39, 0.29) is 15.1 Å². The minimum absolute atomic E-state index is 0.0101. The monoisotopic (exact) mass is 335 g/mol. The number of nitrogen functional groups attached to an aromatic ring is 1. The number of thiazole rings is 1. The van der Waals surface area contributed by atoms with Crippen molar-refractivity contribution < 1.29 is 27.8 Å². The van der Waals surface area contributed by atoms with Crippen LogP contribution in [0.3, 0.4) is 0 Å². The standard InChI is InChI=1S/C8H9N5O6S2/c9-8-11-4(2-20-8)5(12-16)6(14)10-3-1-13(7(3)15)21(17,18)19/h2-3,16H,1H2,(H2,9,11)(H,10,14)(H,17,18,19)/t3-/m0/s1. The van der Waals surface area contributed by atoms with Crippen LogP contribution in [0, 0.1) is 0 Å². The Morgan fingerprint density at radius 1 is 1.62 bits per heavy atom. The number of hydrogen-bond donors (Lipinski definition) is 4. The van der Waals surface area contributed by atoms with E-state index in [9.17, 15) is 18.0 Å². The number of β-lactam (4-membered cyclic amide) rings is 1. The fourth-order valence-electron chi connectivity index (χ4n) is 1.55. The van der Waals surface area contributed by atoms with Crippen molar-refractivity contribution in [2.75, 3.05) is 12.3 Å². The Balaban J connectivity index is 2.05. The Bertz CT molecular complexity index is 725. The number of hydrogen-bond acceptors (Lipinski definition) is 9. The molecule has 0 radical (unpaired) electrons. The fourth-order valence-corrected chi connectivity index (χ4v) is 2.79. The minimum Gasteiger partial charge on any atom is -0.410 e. The van der Waals surface area contributed by atoms with E-state index in [1.54, 1.807) is 0 Å². The van der Waals surface area contributed by atoms with Gasteiger partial charge in [0, 0.05) is 5.38 Å². The zero-order chi connectivity index (χ0) is 15.8. The number of nitrogens with two attached hydrogens (primary N) is 1. The SMILES string of the molecule is Nc1nc(C(=NO)C(=O)N[C@H]2CN(S(=O)(=O)O)C2=O)cs1. The summed E-state index contributed by atoms with van der Waals surface area (Å²) in [4.78, 5) is 27.0. The highest BCUT2D eigenvalue weighted by Crippen LogP contribution is 2.15. The lowest BCUT2D eigenvalue weighted by Crippen LogP contribution is -2.65. The molecule has 5 N–H and O–H groups in total. The lowest BCUT2D eigenvalue weighted by molar-refractivity contribution is -0.139. The van der Waals surface area contributed by atoms with Gasteiger partial charge in [-0.1, -0.05) is 5.16 Å². The summed E-state index contributed by atoms with van der Waals surface area (Å²) < 4.78 is 30.3. The van der Waals surface area contributed by atoms with Gasteiger partial charge in [-0.2, -0.15) is 8.42 Å². The molecule has 0 aromatic carbocycles. The van der Waals surface area contributed by atoms with Crippen molar-refractivity contribution in [2.24, 2.45) is 5.16 Å². The zero-order valence-corrected chi connectivity index (χ0v) is 11.8. The molecular weight excluding hydrogens is 326 g/mol. The average Bonchev–Trinajstić information content (AvgIpc) is 2.79. The molecule has 0 unspecified atom stereocenters. The summed E-state index contributed by atoms with van der Waals surface area (Å²) in [5, 5.41) is 15.3. The van der Waals surface area contributed by atoms with Crippen LogP contribution in [0.1, 0.15) is 5.69 Å². The molecule has 114 valence electrons. The largest absolute Gasteiger partial charge is 0.410 e. The lowest BCUT2D eigenvalue weighted by Gasteiger charge is -2.35. The first kappa shape index (κ1) is 15.1. The Hall–Kier alpha value is -2.25. The van der Waals surface area contributed by atoms with Gasteiger partial charge >= 0.3 is 10.3 Å². The molecule has 1 atom stereocenters. The maximum Gasteiger partial charge on any atom is 0.362 e. The molecule has 0 saturated carbocycles. The summed E-state index contributed by atoms with van der Waals surface area (Å²) in [6, 6.07) is -1.15. The third-order valence-electron chi connectivity index (χ3n) is 2.56. The summed E-state index contributed by atoms with van der Waals surface area (Å²) >= 11 is 1.02. The van der Waals surface area contributed by atoms with Crippen molar-refractivity contribution in [3.8, 4) is 0 Å². The maximum atomic E-state index is 11.8. The second-order valence-electron chi connectivity index (χ2n) is 3.89. The molecule has 1 aromatic heterocycles. The molecule has 1 aliphatic heterocycles. The molecule has 1 fully saturated rings. The van der Waals surface area contributed by atoms with Gasteiger partial charge in [-0.25, -0.2) is 9.29 Å². The molecule has 0 bridgehead atoms. The van der Waals surface area contributed by atoms with Gasteiger partial charge < -0.3 is 16.3 Å². The number of carbonyl (C=O) groups excluding carboxylic acids is 2. The van der Waals surface area contributed by atoms with Crippen LogP contribution in [0.25, 0.3) is 0 Å². The predicted molar refractivity (Wildman–Crippen MR) is 70.0 cm³/mol. The lowest BCUT2D eigenvalue weighted by atomic mass is 10.1. The Labute approximate surface area is 121 Å².